The van der Waals surface area contributed by atoms with Gasteiger partial charge in [-0.2, -0.15) is 0 Å². The van der Waals surface area contributed by atoms with Gasteiger partial charge in [0.1, 0.15) is 5.69 Å². The molecule has 20 heavy (non-hydrogen) atoms. The summed E-state index contributed by atoms with van der Waals surface area (Å²) in [5.41, 5.74) is 4.95. The minimum absolute atomic E-state index is 0.0377. The second kappa shape index (κ2) is 6.00. The standard InChI is InChI=1S/C12H15N3O5/c1-7(11(16)14(2)3)20-12(17)8-4-5-9(13)10(6-8)15(18)19/h4-7H,13H2,1-3H3/t7-/m0/s1. The Kier molecular flexibility index (Phi) is 4.63. The van der Waals surface area contributed by atoms with Crippen molar-refractivity contribution < 1.29 is 19.2 Å². The van der Waals surface area contributed by atoms with Gasteiger partial charge in [0.05, 0.1) is 10.5 Å². The number of carbonyl (C=O) groups excluding carboxylic acids is 2. The van der Waals surface area contributed by atoms with Crippen molar-refractivity contribution in [3.05, 3.63) is 33.9 Å². The van der Waals surface area contributed by atoms with E-state index in [0.29, 0.717) is 0 Å². The second-order valence-electron chi connectivity index (χ2n) is 4.31. The van der Waals surface area contributed by atoms with Gasteiger partial charge in [0, 0.05) is 20.2 Å². The third-order valence-corrected chi connectivity index (χ3v) is 2.54. The summed E-state index contributed by atoms with van der Waals surface area (Å²) in [5.74, 6) is -1.21. The van der Waals surface area contributed by atoms with Crippen molar-refractivity contribution >= 4 is 23.3 Å². The fraction of sp³-hybridized carbons (Fsp3) is 0.333. The van der Waals surface area contributed by atoms with E-state index in [1.54, 1.807) is 0 Å². The molecule has 8 nitrogen and oxygen atoms in total. The van der Waals surface area contributed by atoms with Gasteiger partial charge >= 0.3 is 5.97 Å². The minimum atomic E-state index is -0.978. The van der Waals surface area contributed by atoms with Crippen molar-refractivity contribution in [2.24, 2.45) is 0 Å². The number of rotatable bonds is 4. The predicted molar refractivity (Wildman–Crippen MR) is 71.1 cm³/mol. The SMILES string of the molecule is C[C@H](OC(=O)c1ccc(N)c([N+](=O)[O-])c1)C(=O)N(C)C. The van der Waals surface area contributed by atoms with Crippen LogP contribution in [-0.4, -0.2) is 41.9 Å². The van der Waals surface area contributed by atoms with Crippen molar-refractivity contribution in [1.29, 1.82) is 0 Å². The van der Waals surface area contributed by atoms with Crippen LogP contribution < -0.4 is 5.73 Å². The average molecular weight is 281 g/mol. The first-order chi connectivity index (χ1) is 9.23. The number of carbonyl (C=O) groups is 2. The van der Waals surface area contributed by atoms with E-state index in [2.05, 4.69) is 0 Å². The maximum Gasteiger partial charge on any atom is 0.339 e. The summed E-state index contributed by atoms with van der Waals surface area (Å²) in [4.78, 5) is 34.7. The molecular formula is C12H15N3O5. The van der Waals surface area contributed by atoms with Gasteiger partial charge in [0.25, 0.3) is 11.6 Å². The lowest BCUT2D eigenvalue weighted by Gasteiger charge is -2.17. The van der Waals surface area contributed by atoms with Gasteiger partial charge in [0.2, 0.25) is 0 Å². The van der Waals surface area contributed by atoms with Gasteiger partial charge in [-0.1, -0.05) is 0 Å². The Balaban J connectivity index is 2.91. The first kappa shape index (κ1) is 15.4. The number of nitro groups is 1. The minimum Gasteiger partial charge on any atom is -0.449 e. The molecule has 1 amide bonds. The van der Waals surface area contributed by atoms with E-state index in [1.165, 1.54) is 38.1 Å². The lowest BCUT2D eigenvalue weighted by atomic mass is 10.2. The van der Waals surface area contributed by atoms with Crippen LogP contribution in [0.3, 0.4) is 0 Å². The normalized spacial score (nSPS) is 11.6. The average Bonchev–Trinajstić information content (AvgIpc) is 2.37. The van der Waals surface area contributed by atoms with Crippen molar-refractivity contribution in [2.75, 3.05) is 19.8 Å². The number of anilines is 1. The fourth-order valence-corrected chi connectivity index (χ4v) is 1.47. The molecule has 0 aliphatic carbocycles. The third kappa shape index (κ3) is 3.44. The molecule has 0 saturated heterocycles. The summed E-state index contributed by atoms with van der Waals surface area (Å²) in [5, 5.41) is 10.7. The Labute approximate surface area is 115 Å². The summed E-state index contributed by atoms with van der Waals surface area (Å²) in [6.07, 6.45) is -0.978. The van der Waals surface area contributed by atoms with E-state index >= 15 is 0 Å². The predicted octanol–water partition coefficient (Wildman–Crippen LogP) is 0.810. The summed E-state index contributed by atoms with van der Waals surface area (Å²) < 4.78 is 4.94. The molecule has 0 bridgehead atoms. The lowest BCUT2D eigenvalue weighted by Crippen LogP contribution is -2.34. The molecule has 1 atom stereocenters. The van der Waals surface area contributed by atoms with Gasteiger partial charge < -0.3 is 15.4 Å². The Hall–Kier alpha value is -2.64. The topological polar surface area (TPSA) is 116 Å². The molecule has 1 aromatic carbocycles. The number of benzene rings is 1. The third-order valence-electron chi connectivity index (χ3n) is 2.54. The lowest BCUT2D eigenvalue weighted by molar-refractivity contribution is -0.383. The van der Waals surface area contributed by atoms with Crippen molar-refractivity contribution in [3.63, 3.8) is 0 Å². The van der Waals surface area contributed by atoms with E-state index in [0.717, 1.165) is 6.07 Å². The van der Waals surface area contributed by atoms with Gasteiger partial charge in [-0.3, -0.25) is 14.9 Å². The Morgan fingerprint density at radius 3 is 2.50 bits per heavy atom. The number of amides is 1. The summed E-state index contributed by atoms with van der Waals surface area (Å²) in [6.45, 7) is 1.42. The highest BCUT2D eigenvalue weighted by Crippen LogP contribution is 2.22. The first-order valence-electron chi connectivity index (χ1n) is 5.70. The number of nitrogens with two attached hydrogens (primary N) is 1. The molecule has 0 spiro atoms. The van der Waals surface area contributed by atoms with E-state index in [9.17, 15) is 19.7 Å². The fourth-order valence-electron chi connectivity index (χ4n) is 1.47. The number of esters is 1. The molecule has 108 valence electrons. The van der Waals surface area contributed by atoms with Gasteiger partial charge in [-0.05, 0) is 19.1 Å². The maximum absolute atomic E-state index is 11.8. The van der Waals surface area contributed by atoms with Crippen LogP contribution in [0.5, 0.6) is 0 Å². The number of hydrogen-bond acceptors (Lipinski definition) is 6. The van der Waals surface area contributed by atoms with Gasteiger partial charge in [0.15, 0.2) is 6.10 Å². The number of hydrogen-bond donors (Lipinski definition) is 1. The molecule has 0 radical (unpaired) electrons. The van der Waals surface area contributed by atoms with E-state index in [1.807, 2.05) is 0 Å². The molecule has 0 aliphatic rings. The number of nitrogens with zero attached hydrogens (tertiary/aromatic N) is 2. The molecule has 2 N–H and O–H groups in total. The van der Waals surface area contributed by atoms with Crippen molar-refractivity contribution in [1.82, 2.24) is 4.90 Å². The van der Waals surface area contributed by atoms with Crippen LogP contribution in [-0.2, 0) is 9.53 Å². The zero-order chi connectivity index (χ0) is 15.4. The van der Waals surface area contributed by atoms with E-state index in [-0.39, 0.29) is 22.8 Å². The molecular weight excluding hydrogens is 266 g/mol. The number of nitro benzene ring substituents is 1. The van der Waals surface area contributed by atoms with Crippen molar-refractivity contribution in [3.8, 4) is 0 Å². The molecule has 1 rings (SSSR count). The molecule has 0 aliphatic heterocycles. The molecule has 1 aromatic rings. The van der Waals surface area contributed by atoms with Crippen molar-refractivity contribution in [2.45, 2.75) is 13.0 Å². The molecule has 0 fully saturated rings. The summed E-state index contributed by atoms with van der Waals surface area (Å²) >= 11 is 0. The van der Waals surface area contributed by atoms with E-state index < -0.39 is 17.0 Å². The highest BCUT2D eigenvalue weighted by atomic mass is 16.6. The largest absolute Gasteiger partial charge is 0.449 e. The van der Waals surface area contributed by atoms with E-state index in [4.69, 9.17) is 10.5 Å². The molecule has 8 heteroatoms. The van der Waals surface area contributed by atoms with Gasteiger partial charge in [-0.15, -0.1) is 0 Å². The van der Waals surface area contributed by atoms with Crippen LogP contribution >= 0.6 is 0 Å². The monoisotopic (exact) mass is 281 g/mol. The molecule has 0 saturated carbocycles. The highest BCUT2D eigenvalue weighted by molar-refractivity contribution is 5.93. The molecule has 0 unspecified atom stereocenters. The Bertz CT molecular complexity index is 556. The van der Waals surface area contributed by atoms with Crippen LogP contribution in [0.15, 0.2) is 18.2 Å². The summed E-state index contributed by atoms with van der Waals surface area (Å²) in [6, 6.07) is 3.56. The summed E-state index contributed by atoms with van der Waals surface area (Å²) in [7, 11) is 3.06. The zero-order valence-corrected chi connectivity index (χ0v) is 11.3. The number of nitrogen functional groups attached to an aromatic ring is 1. The Morgan fingerprint density at radius 1 is 1.40 bits per heavy atom. The maximum atomic E-state index is 11.8. The van der Waals surface area contributed by atoms with Crippen LogP contribution in [0, 0.1) is 10.1 Å². The number of ether oxygens (including phenoxy) is 1. The van der Waals surface area contributed by atoms with Crippen LogP contribution in [0.4, 0.5) is 11.4 Å². The molecule has 0 aromatic heterocycles. The quantitative estimate of drug-likeness (QED) is 0.378. The van der Waals surface area contributed by atoms with Crippen LogP contribution in [0.1, 0.15) is 17.3 Å². The Morgan fingerprint density at radius 2 is 2.00 bits per heavy atom. The smallest absolute Gasteiger partial charge is 0.339 e. The first-order valence-corrected chi connectivity index (χ1v) is 5.70. The van der Waals surface area contributed by atoms with Gasteiger partial charge in [-0.25, -0.2) is 4.79 Å². The van der Waals surface area contributed by atoms with Crippen LogP contribution in [0.25, 0.3) is 0 Å². The van der Waals surface area contributed by atoms with Crippen LogP contribution in [0.2, 0.25) is 0 Å². The highest BCUT2D eigenvalue weighted by Gasteiger charge is 2.22. The zero-order valence-electron chi connectivity index (χ0n) is 11.3. The molecule has 0 heterocycles. The number of likely N-dealkylation sites (N-methyl/N-ethyl adjacent to an activating group) is 1. The second-order valence-corrected chi connectivity index (χ2v) is 4.31.